The van der Waals surface area contributed by atoms with Crippen molar-refractivity contribution in [1.29, 1.82) is 0 Å². The summed E-state index contributed by atoms with van der Waals surface area (Å²) in [5, 5.41) is 0. The Morgan fingerprint density at radius 2 is 2.43 bits per heavy atom. The Morgan fingerprint density at radius 1 is 1.71 bits per heavy atom. The fourth-order valence-electron chi connectivity index (χ4n) is 1.12. The average Bonchev–Trinajstić information content (AvgIpc) is 2.52. The third kappa shape index (κ3) is 3.19. The van der Waals surface area contributed by atoms with Crippen molar-refractivity contribution in [3.63, 3.8) is 0 Å². The summed E-state index contributed by atoms with van der Waals surface area (Å²) < 4.78 is 0.792. The predicted molar refractivity (Wildman–Crippen MR) is 64.7 cm³/mol. The molecule has 74 valence electrons. The first-order chi connectivity index (χ1) is 6.63. The van der Waals surface area contributed by atoms with Gasteiger partial charge >= 0.3 is 0 Å². The smallest absolute Gasteiger partial charge is 0.0934 e. The number of terminal acetylenes is 1. The first kappa shape index (κ1) is 11.3. The van der Waals surface area contributed by atoms with Gasteiger partial charge in [-0.1, -0.05) is 24.1 Å². The van der Waals surface area contributed by atoms with Crippen molar-refractivity contribution < 1.29 is 0 Å². The van der Waals surface area contributed by atoms with Crippen LogP contribution in [-0.4, -0.2) is 25.0 Å². The molecule has 0 amide bonds. The van der Waals surface area contributed by atoms with E-state index in [0.29, 0.717) is 6.54 Å². The van der Waals surface area contributed by atoms with E-state index in [1.54, 1.807) is 11.3 Å². The van der Waals surface area contributed by atoms with Gasteiger partial charge in [-0.05, 0) is 24.8 Å². The molecule has 0 bridgehead atoms. The van der Waals surface area contributed by atoms with E-state index in [1.807, 2.05) is 24.1 Å². The Balaban J connectivity index is 2.55. The van der Waals surface area contributed by atoms with Crippen LogP contribution in [0.5, 0.6) is 0 Å². The molecule has 3 heteroatoms. The minimum absolute atomic E-state index is 0.637. The van der Waals surface area contributed by atoms with Crippen molar-refractivity contribution in [3.8, 4) is 12.3 Å². The maximum Gasteiger partial charge on any atom is 0.0934 e. The number of halogens is 1. The summed E-state index contributed by atoms with van der Waals surface area (Å²) in [7, 11) is 1.97. The maximum absolute atomic E-state index is 5.83. The van der Waals surface area contributed by atoms with Crippen LogP contribution in [0.15, 0.2) is 18.7 Å². The van der Waals surface area contributed by atoms with Gasteiger partial charge in [-0.15, -0.1) is 17.8 Å². The quantitative estimate of drug-likeness (QED) is 0.713. The van der Waals surface area contributed by atoms with Crippen molar-refractivity contribution >= 4 is 28.5 Å². The normalized spacial score (nSPS) is 10.1. The third-order valence-electron chi connectivity index (χ3n) is 1.74. The highest BCUT2D eigenvalue weighted by molar-refractivity contribution is 7.17. The van der Waals surface area contributed by atoms with Crippen LogP contribution in [0.1, 0.15) is 4.88 Å². The molecule has 0 saturated carbocycles. The second-order valence-corrected chi connectivity index (χ2v) is 4.80. The van der Waals surface area contributed by atoms with Crippen molar-refractivity contribution in [2.24, 2.45) is 0 Å². The molecular weight excluding hydrogens is 214 g/mol. The molecule has 0 atom stereocenters. The number of thiophene rings is 1. The van der Waals surface area contributed by atoms with Crippen LogP contribution in [0.2, 0.25) is 4.34 Å². The number of hydrogen-bond acceptors (Lipinski definition) is 2. The molecule has 0 radical (unpaired) electrons. The van der Waals surface area contributed by atoms with Crippen LogP contribution in [-0.2, 0) is 0 Å². The van der Waals surface area contributed by atoms with Crippen molar-refractivity contribution in [2.45, 2.75) is 0 Å². The van der Waals surface area contributed by atoms with E-state index in [9.17, 15) is 0 Å². The van der Waals surface area contributed by atoms with E-state index < -0.39 is 0 Å². The molecule has 1 rings (SSSR count). The number of rotatable bonds is 4. The molecule has 0 unspecified atom stereocenters. The Kier molecular flexibility index (Phi) is 4.21. The summed E-state index contributed by atoms with van der Waals surface area (Å²) in [4.78, 5) is 3.16. The molecule has 0 N–H and O–H groups in total. The summed E-state index contributed by atoms with van der Waals surface area (Å²) in [5.74, 6) is 2.59. The molecule has 1 nitrogen and oxygen atoms in total. The van der Waals surface area contributed by atoms with E-state index in [1.165, 1.54) is 0 Å². The average molecular weight is 226 g/mol. The predicted octanol–water partition coefficient (Wildman–Crippen LogP) is 2.98. The van der Waals surface area contributed by atoms with Crippen LogP contribution >= 0.6 is 22.9 Å². The molecular formula is C11H12ClNS. The number of nitrogens with zero attached hydrogens (tertiary/aromatic N) is 1. The molecule has 0 saturated heterocycles. The number of likely N-dealkylation sites (N-methyl/N-ethyl adjacent to an activating group) is 1. The number of hydrogen-bond donors (Lipinski definition) is 0. The highest BCUT2D eigenvalue weighted by atomic mass is 35.5. The van der Waals surface area contributed by atoms with Gasteiger partial charge in [-0.3, -0.25) is 4.90 Å². The van der Waals surface area contributed by atoms with Crippen LogP contribution in [0.3, 0.4) is 0 Å². The molecule has 0 aromatic carbocycles. The van der Waals surface area contributed by atoms with Gasteiger partial charge in [0, 0.05) is 11.4 Å². The van der Waals surface area contributed by atoms with E-state index in [2.05, 4.69) is 12.5 Å². The second kappa shape index (κ2) is 5.21. The highest BCUT2D eigenvalue weighted by Crippen LogP contribution is 2.26. The summed E-state index contributed by atoms with van der Waals surface area (Å²) in [6.45, 7) is 5.42. The fraction of sp³-hybridized carbons (Fsp3) is 0.273. The van der Waals surface area contributed by atoms with Gasteiger partial charge < -0.3 is 0 Å². The first-order valence-electron chi connectivity index (χ1n) is 4.19. The van der Waals surface area contributed by atoms with E-state index in [-0.39, 0.29) is 0 Å². The molecule has 1 aromatic heterocycles. The zero-order valence-electron chi connectivity index (χ0n) is 8.09. The van der Waals surface area contributed by atoms with Gasteiger partial charge in [0.25, 0.3) is 0 Å². The van der Waals surface area contributed by atoms with Crippen molar-refractivity contribution in [2.75, 3.05) is 20.1 Å². The van der Waals surface area contributed by atoms with Gasteiger partial charge in [0.05, 0.1) is 10.9 Å². The molecule has 14 heavy (non-hydrogen) atoms. The zero-order chi connectivity index (χ0) is 10.6. The van der Waals surface area contributed by atoms with E-state index in [0.717, 1.165) is 21.3 Å². The maximum atomic E-state index is 5.83. The summed E-state index contributed by atoms with van der Waals surface area (Å²) in [6, 6.07) is 3.87. The Hall–Kier alpha value is -0.750. The summed E-state index contributed by atoms with van der Waals surface area (Å²) in [6.07, 6.45) is 5.21. The monoisotopic (exact) mass is 225 g/mol. The Bertz CT molecular complexity index is 362. The lowest BCUT2D eigenvalue weighted by molar-refractivity contribution is 0.425. The van der Waals surface area contributed by atoms with E-state index >= 15 is 0 Å². The fourth-order valence-corrected chi connectivity index (χ4v) is 2.12. The first-order valence-corrected chi connectivity index (χ1v) is 5.38. The SMILES string of the molecule is C#CCN(C)CC(=C)c1ccc(Cl)s1. The third-order valence-corrected chi connectivity index (χ3v) is 3.08. The minimum Gasteiger partial charge on any atom is -0.291 e. The summed E-state index contributed by atoms with van der Waals surface area (Å²) in [5.41, 5.74) is 1.06. The molecule has 0 aliphatic rings. The second-order valence-electron chi connectivity index (χ2n) is 3.08. The van der Waals surface area contributed by atoms with Crippen LogP contribution in [0, 0.1) is 12.3 Å². The molecule has 1 aromatic rings. The molecule has 0 aliphatic carbocycles. The molecule has 0 aliphatic heterocycles. The van der Waals surface area contributed by atoms with Gasteiger partial charge in [0.15, 0.2) is 0 Å². The summed E-state index contributed by atoms with van der Waals surface area (Å²) >= 11 is 7.38. The lowest BCUT2D eigenvalue weighted by atomic mass is 10.2. The lowest BCUT2D eigenvalue weighted by Gasteiger charge is -2.13. The van der Waals surface area contributed by atoms with Crippen LogP contribution < -0.4 is 0 Å². The molecule has 0 fully saturated rings. The van der Waals surface area contributed by atoms with Crippen LogP contribution in [0.25, 0.3) is 5.57 Å². The van der Waals surface area contributed by atoms with Gasteiger partial charge in [-0.2, -0.15) is 0 Å². The van der Waals surface area contributed by atoms with Gasteiger partial charge in [0.2, 0.25) is 0 Å². The molecule has 0 spiro atoms. The Labute approximate surface area is 94.0 Å². The lowest BCUT2D eigenvalue weighted by Crippen LogP contribution is -2.20. The van der Waals surface area contributed by atoms with Gasteiger partial charge in [0.1, 0.15) is 0 Å². The van der Waals surface area contributed by atoms with E-state index in [4.69, 9.17) is 18.0 Å². The van der Waals surface area contributed by atoms with Crippen molar-refractivity contribution in [3.05, 3.63) is 27.9 Å². The largest absolute Gasteiger partial charge is 0.291 e. The standard InChI is InChI=1S/C11H12ClNS/c1-4-7-13(3)8-9(2)10-5-6-11(12)14-10/h1,5-6H,2,7-8H2,3H3. The molecule has 1 heterocycles. The topological polar surface area (TPSA) is 3.24 Å². The highest BCUT2D eigenvalue weighted by Gasteiger charge is 2.04. The van der Waals surface area contributed by atoms with Gasteiger partial charge in [-0.25, -0.2) is 0 Å². The van der Waals surface area contributed by atoms with Crippen molar-refractivity contribution in [1.82, 2.24) is 4.90 Å². The zero-order valence-corrected chi connectivity index (χ0v) is 9.66. The Morgan fingerprint density at radius 3 is 2.93 bits per heavy atom. The minimum atomic E-state index is 0.637. The van der Waals surface area contributed by atoms with Crippen LogP contribution in [0.4, 0.5) is 0 Å².